The number of hydrogen-bond acceptors (Lipinski definition) is 1. The van der Waals surface area contributed by atoms with Gasteiger partial charge in [0.05, 0.1) is 0 Å². The average Bonchev–Trinajstić information content (AvgIpc) is 2.80. The van der Waals surface area contributed by atoms with E-state index in [1.54, 1.807) is 0 Å². The summed E-state index contributed by atoms with van der Waals surface area (Å²) in [5.41, 5.74) is 6.91. The Labute approximate surface area is 91.4 Å². The lowest BCUT2D eigenvalue weighted by molar-refractivity contribution is 0.809. The fourth-order valence-corrected chi connectivity index (χ4v) is 2.59. The molecule has 0 radical (unpaired) electrons. The highest BCUT2D eigenvalue weighted by Crippen LogP contribution is 2.47. The minimum absolute atomic E-state index is 0.639. The molecule has 0 spiro atoms. The van der Waals surface area contributed by atoms with E-state index in [1.165, 1.54) is 12.0 Å². The zero-order chi connectivity index (χ0) is 9.42. The molecule has 2 unspecified atom stereocenters. The molecule has 0 aromatic heterocycles. The number of hydrogen-bond donors (Lipinski definition) is 1. The van der Waals surface area contributed by atoms with Crippen LogP contribution < -0.4 is 5.73 Å². The second-order valence-corrected chi connectivity index (χ2v) is 4.89. The van der Waals surface area contributed by atoms with E-state index in [-0.39, 0.29) is 0 Å². The van der Waals surface area contributed by atoms with Crippen LogP contribution in [0, 0.1) is 5.92 Å². The van der Waals surface area contributed by atoms with Crippen molar-refractivity contribution in [2.45, 2.75) is 12.3 Å². The van der Waals surface area contributed by atoms with Crippen LogP contribution in [-0.4, -0.2) is 6.54 Å². The van der Waals surface area contributed by atoms with Crippen LogP contribution in [-0.2, 0) is 0 Å². The van der Waals surface area contributed by atoms with Crippen LogP contribution in [0.1, 0.15) is 17.9 Å². The third kappa shape index (κ3) is 2.06. The van der Waals surface area contributed by atoms with Crippen LogP contribution in [0.3, 0.4) is 0 Å². The summed E-state index contributed by atoms with van der Waals surface area (Å²) in [5, 5.41) is 0.798. The molecular formula is C10H11BrClN. The Morgan fingerprint density at radius 3 is 2.77 bits per heavy atom. The van der Waals surface area contributed by atoms with E-state index < -0.39 is 0 Å². The van der Waals surface area contributed by atoms with Gasteiger partial charge in [0.2, 0.25) is 0 Å². The number of rotatable bonds is 2. The Hall–Kier alpha value is -0.0500. The summed E-state index contributed by atoms with van der Waals surface area (Å²) in [6, 6.07) is 6.07. The molecule has 0 bridgehead atoms. The third-order valence-electron chi connectivity index (χ3n) is 2.54. The van der Waals surface area contributed by atoms with Crippen molar-refractivity contribution in [1.82, 2.24) is 0 Å². The number of benzene rings is 1. The molecule has 2 atom stereocenters. The van der Waals surface area contributed by atoms with Crippen LogP contribution in [0.2, 0.25) is 5.02 Å². The second kappa shape index (κ2) is 3.60. The van der Waals surface area contributed by atoms with Gasteiger partial charge in [0.25, 0.3) is 0 Å². The fraction of sp³-hybridized carbons (Fsp3) is 0.400. The highest BCUT2D eigenvalue weighted by Gasteiger charge is 2.36. The molecule has 13 heavy (non-hydrogen) atoms. The van der Waals surface area contributed by atoms with Gasteiger partial charge in [0, 0.05) is 9.50 Å². The molecule has 1 aliphatic carbocycles. The smallest absolute Gasteiger partial charge is 0.0420 e. The Balaban J connectivity index is 2.22. The Morgan fingerprint density at radius 1 is 1.46 bits per heavy atom. The van der Waals surface area contributed by atoms with E-state index in [4.69, 9.17) is 17.3 Å². The first-order valence-corrected chi connectivity index (χ1v) is 5.54. The van der Waals surface area contributed by atoms with E-state index in [0.717, 1.165) is 16.0 Å². The predicted octanol–water partition coefficient (Wildman–Crippen LogP) is 3.16. The lowest BCUT2D eigenvalue weighted by Crippen LogP contribution is -2.01. The lowest BCUT2D eigenvalue weighted by Gasteiger charge is -2.01. The van der Waals surface area contributed by atoms with Crippen molar-refractivity contribution in [1.29, 1.82) is 0 Å². The van der Waals surface area contributed by atoms with Crippen molar-refractivity contribution in [2.24, 2.45) is 11.7 Å². The maximum atomic E-state index is 5.95. The van der Waals surface area contributed by atoms with Crippen molar-refractivity contribution in [3.63, 3.8) is 0 Å². The van der Waals surface area contributed by atoms with Crippen LogP contribution >= 0.6 is 27.5 Å². The Bertz CT molecular complexity index is 306. The number of nitrogens with two attached hydrogens (primary N) is 1. The first kappa shape index (κ1) is 9.50. The van der Waals surface area contributed by atoms with E-state index in [9.17, 15) is 0 Å². The van der Waals surface area contributed by atoms with Gasteiger partial charge in [0.15, 0.2) is 0 Å². The quantitative estimate of drug-likeness (QED) is 0.868. The Morgan fingerprint density at radius 2 is 2.23 bits per heavy atom. The molecule has 1 aromatic rings. The van der Waals surface area contributed by atoms with Gasteiger partial charge < -0.3 is 5.73 Å². The zero-order valence-electron chi connectivity index (χ0n) is 7.13. The molecule has 3 heteroatoms. The molecule has 2 N–H and O–H groups in total. The van der Waals surface area contributed by atoms with Crippen molar-refractivity contribution in [3.05, 3.63) is 33.3 Å². The summed E-state index contributed by atoms with van der Waals surface area (Å²) < 4.78 is 1.05. The molecular weight excluding hydrogens is 249 g/mol. The maximum Gasteiger partial charge on any atom is 0.0420 e. The van der Waals surface area contributed by atoms with E-state index in [0.29, 0.717) is 11.8 Å². The van der Waals surface area contributed by atoms with E-state index in [2.05, 4.69) is 22.0 Å². The minimum atomic E-state index is 0.639. The summed E-state index contributed by atoms with van der Waals surface area (Å²) in [5.74, 6) is 1.31. The molecule has 0 saturated heterocycles. The summed E-state index contributed by atoms with van der Waals surface area (Å²) in [6.45, 7) is 0.787. The summed E-state index contributed by atoms with van der Waals surface area (Å²) in [4.78, 5) is 0. The zero-order valence-corrected chi connectivity index (χ0v) is 9.48. The molecule has 2 rings (SSSR count). The van der Waals surface area contributed by atoms with Crippen LogP contribution in [0.25, 0.3) is 0 Å². The molecule has 1 nitrogen and oxygen atoms in total. The normalized spacial score (nSPS) is 26.1. The Kier molecular flexibility index (Phi) is 2.63. The fourth-order valence-electron chi connectivity index (χ4n) is 1.71. The average molecular weight is 261 g/mol. The van der Waals surface area contributed by atoms with Crippen molar-refractivity contribution in [2.75, 3.05) is 6.54 Å². The van der Waals surface area contributed by atoms with Crippen LogP contribution in [0.15, 0.2) is 22.7 Å². The topological polar surface area (TPSA) is 26.0 Å². The van der Waals surface area contributed by atoms with E-state index in [1.807, 2.05) is 12.1 Å². The molecule has 1 aliphatic rings. The molecule has 70 valence electrons. The van der Waals surface area contributed by atoms with Gasteiger partial charge in [-0.15, -0.1) is 0 Å². The van der Waals surface area contributed by atoms with Gasteiger partial charge in [-0.2, -0.15) is 0 Å². The molecule has 0 heterocycles. The molecule has 0 aliphatic heterocycles. The molecule has 0 amide bonds. The molecule has 1 aromatic carbocycles. The third-order valence-corrected chi connectivity index (χ3v) is 3.21. The van der Waals surface area contributed by atoms with E-state index >= 15 is 0 Å². The highest BCUT2D eigenvalue weighted by molar-refractivity contribution is 9.10. The predicted molar refractivity (Wildman–Crippen MR) is 59.1 cm³/mol. The van der Waals surface area contributed by atoms with Gasteiger partial charge >= 0.3 is 0 Å². The SMILES string of the molecule is NCC1CC1c1cc(Cl)cc(Br)c1. The molecule has 1 fully saturated rings. The standard InChI is InChI=1S/C10H11BrClN/c11-8-1-6(2-9(12)4-8)10-3-7(10)5-13/h1-2,4,7,10H,3,5,13H2. The summed E-state index contributed by atoms with van der Waals surface area (Å²) >= 11 is 9.39. The van der Waals surface area contributed by atoms with Gasteiger partial charge in [0.1, 0.15) is 0 Å². The first-order valence-electron chi connectivity index (χ1n) is 4.37. The van der Waals surface area contributed by atoms with Gasteiger partial charge in [-0.05, 0) is 48.6 Å². The number of halogens is 2. The highest BCUT2D eigenvalue weighted by atomic mass is 79.9. The van der Waals surface area contributed by atoms with Crippen molar-refractivity contribution < 1.29 is 0 Å². The largest absolute Gasteiger partial charge is 0.330 e. The van der Waals surface area contributed by atoms with Crippen molar-refractivity contribution >= 4 is 27.5 Å². The summed E-state index contributed by atoms with van der Waals surface area (Å²) in [7, 11) is 0. The molecule has 1 saturated carbocycles. The monoisotopic (exact) mass is 259 g/mol. The van der Waals surface area contributed by atoms with Crippen LogP contribution in [0.5, 0.6) is 0 Å². The first-order chi connectivity index (χ1) is 6.20. The van der Waals surface area contributed by atoms with Crippen molar-refractivity contribution in [3.8, 4) is 0 Å². The van der Waals surface area contributed by atoms with Crippen LogP contribution in [0.4, 0.5) is 0 Å². The summed E-state index contributed by atoms with van der Waals surface area (Å²) in [6.07, 6.45) is 1.21. The van der Waals surface area contributed by atoms with Gasteiger partial charge in [-0.25, -0.2) is 0 Å². The van der Waals surface area contributed by atoms with Gasteiger partial charge in [-0.1, -0.05) is 27.5 Å². The lowest BCUT2D eigenvalue weighted by atomic mass is 10.1. The maximum absolute atomic E-state index is 5.95. The minimum Gasteiger partial charge on any atom is -0.330 e. The second-order valence-electron chi connectivity index (χ2n) is 3.54. The van der Waals surface area contributed by atoms with Gasteiger partial charge in [-0.3, -0.25) is 0 Å².